The highest BCUT2D eigenvalue weighted by atomic mass is 16.5. The SMILES string of the molecule is CCCNC(=O)NCC(N)C1CCCOC1. The van der Waals surface area contributed by atoms with Crippen LogP contribution in [0.2, 0.25) is 0 Å². The zero-order chi connectivity index (χ0) is 11.8. The smallest absolute Gasteiger partial charge is 0.314 e. The monoisotopic (exact) mass is 229 g/mol. The lowest BCUT2D eigenvalue weighted by molar-refractivity contribution is 0.0452. The van der Waals surface area contributed by atoms with Crippen LogP contribution < -0.4 is 16.4 Å². The van der Waals surface area contributed by atoms with Gasteiger partial charge in [-0.2, -0.15) is 0 Å². The average molecular weight is 229 g/mol. The summed E-state index contributed by atoms with van der Waals surface area (Å²) in [5, 5.41) is 5.54. The molecule has 1 saturated heterocycles. The fourth-order valence-electron chi connectivity index (χ4n) is 1.78. The fourth-order valence-corrected chi connectivity index (χ4v) is 1.78. The molecule has 5 nitrogen and oxygen atoms in total. The van der Waals surface area contributed by atoms with Crippen LogP contribution in [-0.2, 0) is 4.74 Å². The van der Waals surface area contributed by atoms with Crippen molar-refractivity contribution in [3.05, 3.63) is 0 Å². The molecule has 0 aliphatic carbocycles. The van der Waals surface area contributed by atoms with Gasteiger partial charge in [-0.3, -0.25) is 0 Å². The molecule has 0 aromatic heterocycles. The third kappa shape index (κ3) is 4.81. The van der Waals surface area contributed by atoms with Gasteiger partial charge in [-0.15, -0.1) is 0 Å². The van der Waals surface area contributed by atoms with Gasteiger partial charge in [0.2, 0.25) is 0 Å². The van der Waals surface area contributed by atoms with Crippen molar-refractivity contribution in [1.29, 1.82) is 0 Å². The molecule has 0 radical (unpaired) electrons. The third-order valence-electron chi connectivity index (χ3n) is 2.83. The van der Waals surface area contributed by atoms with Crippen molar-refractivity contribution in [3.8, 4) is 0 Å². The second-order valence-corrected chi connectivity index (χ2v) is 4.28. The molecular formula is C11H23N3O2. The first-order chi connectivity index (χ1) is 7.74. The average Bonchev–Trinajstić information content (AvgIpc) is 2.34. The van der Waals surface area contributed by atoms with E-state index in [1.165, 1.54) is 0 Å². The van der Waals surface area contributed by atoms with Crippen LogP contribution in [0.3, 0.4) is 0 Å². The summed E-state index contributed by atoms with van der Waals surface area (Å²) in [6.07, 6.45) is 3.11. The molecule has 4 N–H and O–H groups in total. The van der Waals surface area contributed by atoms with E-state index in [1.807, 2.05) is 6.92 Å². The molecule has 0 saturated carbocycles. The number of amides is 2. The van der Waals surface area contributed by atoms with Gasteiger partial charge in [-0.05, 0) is 25.2 Å². The number of rotatable bonds is 5. The number of urea groups is 1. The summed E-state index contributed by atoms with van der Waals surface area (Å²) in [4.78, 5) is 11.3. The van der Waals surface area contributed by atoms with E-state index in [4.69, 9.17) is 10.5 Å². The quantitative estimate of drug-likeness (QED) is 0.640. The van der Waals surface area contributed by atoms with Crippen molar-refractivity contribution in [2.75, 3.05) is 26.3 Å². The molecular weight excluding hydrogens is 206 g/mol. The standard InChI is InChI=1S/C11H23N3O2/c1-2-5-13-11(15)14-7-10(12)9-4-3-6-16-8-9/h9-10H,2-8,12H2,1H3,(H2,13,14,15). The Hall–Kier alpha value is -0.810. The first-order valence-corrected chi connectivity index (χ1v) is 6.09. The summed E-state index contributed by atoms with van der Waals surface area (Å²) in [6.45, 7) is 4.80. The zero-order valence-electron chi connectivity index (χ0n) is 10.00. The normalized spacial score (nSPS) is 22.5. The molecule has 16 heavy (non-hydrogen) atoms. The van der Waals surface area contributed by atoms with Gasteiger partial charge >= 0.3 is 6.03 Å². The lowest BCUT2D eigenvalue weighted by Crippen LogP contribution is -2.47. The van der Waals surface area contributed by atoms with Gasteiger partial charge in [0.15, 0.2) is 0 Å². The predicted molar refractivity (Wildman–Crippen MR) is 63.2 cm³/mol. The van der Waals surface area contributed by atoms with Crippen LogP contribution in [0.15, 0.2) is 0 Å². The molecule has 2 unspecified atom stereocenters. The van der Waals surface area contributed by atoms with Crippen LogP contribution in [0.1, 0.15) is 26.2 Å². The Kier molecular flexibility index (Phi) is 6.18. The van der Waals surface area contributed by atoms with Crippen LogP contribution >= 0.6 is 0 Å². The number of carbonyl (C=O) groups excluding carboxylic acids is 1. The molecule has 0 spiro atoms. The summed E-state index contributed by atoms with van der Waals surface area (Å²) in [7, 11) is 0. The van der Waals surface area contributed by atoms with Crippen molar-refractivity contribution in [3.63, 3.8) is 0 Å². The van der Waals surface area contributed by atoms with Crippen LogP contribution in [0, 0.1) is 5.92 Å². The van der Waals surface area contributed by atoms with Gasteiger partial charge < -0.3 is 21.1 Å². The highest BCUT2D eigenvalue weighted by Crippen LogP contribution is 2.15. The number of hydrogen-bond acceptors (Lipinski definition) is 3. The minimum Gasteiger partial charge on any atom is -0.381 e. The van der Waals surface area contributed by atoms with Crippen molar-refractivity contribution in [1.82, 2.24) is 10.6 Å². The minimum atomic E-state index is -0.131. The van der Waals surface area contributed by atoms with Gasteiger partial charge in [-0.1, -0.05) is 6.92 Å². The van der Waals surface area contributed by atoms with E-state index in [1.54, 1.807) is 0 Å². The van der Waals surface area contributed by atoms with Crippen molar-refractivity contribution in [2.24, 2.45) is 11.7 Å². The maximum absolute atomic E-state index is 11.3. The Morgan fingerprint density at radius 1 is 1.56 bits per heavy atom. The molecule has 0 bridgehead atoms. The topological polar surface area (TPSA) is 76.4 Å². The van der Waals surface area contributed by atoms with Gasteiger partial charge in [-0.25, -0.2) is 4.79 Å². The van der Waals surface area contributed by atoms with Gasteiger partial charge in [0, 0.05) is 25.7 Å². The highest BCUT2D eigenvalue weighted by molar-refractivity contribution is 5.73. The number of nitrogens with two attached hydrogens (primary N) is 1. The lowest BCUT2D eigenvalue weighted by atomic mass is 9.94. The summed E-state index contributed by atoms with van der Waals surface area (Å²) in [5.41, 5.74) is 6.00. The first kappa shape index (κ1) is 13.3. The number of nitrogens with one attached hydrogen (secondary N) is 2. The van der Waals surface area contributed by atoms with E-state index in [0.717, 1.165) is 32.5 Å². The van der Waals surface area contributed by atoms with Gasteiger partial charge in [0.05, 0.1) is 6.61 Å². The Balaban J connectivity index is 2.13. The molecule has 5 heteroatoms. The van der Waals surface area contributed by atoms with Crippen molar-refractivity contribution in [2.45, 2.75) is 32.2 Å². The summed E-state index contributed by atoms with van der Waals surface area (Å²) >= 11 is 0. The number of ether oxygens (including phenoxy) is 1. The Labute approximate surface area is 97.1 Å². The molecule has 0 aromatic rings. The van der Waals surface area contributed by atoms with E-state index in [0.29, 0.717) is 19.0 Å². The Morgan fingerprint density at radius 3 is 3.00 bits per heavy atom. The second-order valence-electron chi connectivity index (χ2n) is 4.28. The maximum atomic E-state index is 11.3. The largest absolute Gasteiger partial charge is 0.381 e. The summed E-state index contributed by atoms with van der Waals surface area (Å²) < 4.78 is 5.37. The molecule has 1 aliphatic rings. The molecule has 1 heterocycles. The van der Waals surface area contributed by atoms with Crippen LogP contribution in [0.4, 0.5) is 4.79 Å². The van der Waals surface area contributed by atoms with Crippen molar-refractivity contribution < 1.29 is 9.53 Å². The second kappa shape index (κ2) is 7.46. The van der Waals surface area contributed by atoms with E-state index >= 15 is 0 Å². The van der Waals surface area contributed by atoms with Gasteiger partial charge in [0.1, 0.15) is 0 Å². The Morgan fingerprint density at radius 2 is 2.38 bits per heavy atom. The van der Waals surface area contributed by atoms with E-state index in [2.05, 4.69) is 10.6 Å². The summed E-state index contributed by atoms with van der Waals surface area (Å²) in [6, 6.07) is -0.137. The highest BCUT2D eigenvalue weighted by Gasteiger charge is 2.21. The maximum Gasteiger partial charge on any atom is 0.314 e. The van der Waals surface area contributed by atoms with Crippen molar-refractivity contribution >= 4 is 6.03 Å². The van der Waals surface area contributed by atoms with Gasteiger partial charge in [0.25, 0.3) is 0 Å². The number of hydrogen-bond donors (Lipinski definition) is 3. The van der Waals surface area contributed by atoms with E-state index in [-0.39, 0.29) is 12.1 Å². The number of carbonyl (C=O) groups is 1. The zero-order valence-corrected chi connectivity index (χ0v) is 10.00. The molecule has 1 fully saturated rings. The fraction of sp³-hybridized carbons (Fsp3) is 0.909. The van der Waals surface area contributed by atoms with Crippen LogP contribution in [0.5, 0.6) is 0 Å². The van der Waals surface area contributed by atoms with E-state index in [9.17, 15) is 4.79 Å². The molecule has 94 valence electrons. The van der Waals surface area contributed by atoms with E-state index < -0.39 is 0 Å². The molecule has 1 rings (SSSR count). The summed E-state index contributed by atoms with van der Waals surface area (Å²) in [5.74, 6) is 0.375. The lowest BCUT2D eigenvalue weighted by Gasteiger charge is -2.27. The predicted octanol–water partition coefficient (Wildman–Crippen LogP) is 0.450. The minimum absolute atomic E-state index is 0.00678. The molecule has 0 aromatic carbocycles. The Bertz CT molecular complexity index is 205. The molecule has 1 aliphatic heterocycles. The molecule has 2 amide bonds. The third-order valence-corrected chi connectivity index (χ3v) is 2.83. The first-order valence-electron chi connectivity index (χ1n) is 6.09. The van der Waals surface area contributed by atoms with Crippen LogP contribution in [-0.4, -0.2) is 38.4 Å². The molecule has 2 atom stereocenters. The van der Waals surface area contributed by atoms with Crippen LogP contribution in [0.25, 0.3) is 0 Å².